The average Bonchev–Trinajstić information content (AvgIpc) is 3.23. The number of piperazine rings is 1. The van der Waals surface area contributed by atoms with Crippen LogP contribution in [0.25, 0.3) is 0 Å². The summed E-state index contributed by atoms with van der Waals surface area (Å²) in [5, 5.41) is 2.87. The van der Waals surface area contributed by atoms with Crippen LogP contribution in [0.4, 0.5) is 5.69 Å². The second-order valence-electron chi connectivity index (χ2n) is 9.53. The minimum atomic E-state index is -3.49. The van der Waals surface area contributed by atoms with Gasteiger partial charge in [0, 0.05) is 58.0 Å². The Bertz CT molecular complexity index is 931. The van der Waals surface area contributed by atoms with Crippen LogP contribution in [0.1, 0.15) is 38.5 Å². The van der Waals surface area contributed by atoms with Gasteiger partial charge in [0.1, 0.15) is 0 Å². The number of sulfonamides is 1. The van der Waals surface area contributed by atoms with Crippen molar-refractivity contribution < 1.29 is 18.0 Å². The van der Waals surface area contributed by atoms with Gasteiger partial charge in [-0.15, -0.1) is 0 Å². The zero-order chi connectivity index (χ0) is 24.0. The number of nitrogens with zero attached hydrogens (tertiary/aromatic N) is 4. The highest BCUT2D eigenvalue weighted by molar-refractivity contribution is 7.89. The van der Waals surface area contributed by atoms with Crippen LogP contribution in [0.15, 0.2) is 29.2 Å². The van der Waals surface area contributed by atoms with Crippen LogP contribution in [0.2, 0.25) is 0 Å². The maximum atomic E-state index is 12.9. The van der Waals surface area contributed by atoms with Crippen LogP contribution in [0.5, 0.6) is 0 Å². The van der Waals surface area contributed by atoms with Crippen molar-refractivity contribution in [2.24, 2.45) is 0 Å². The van der Waals surface area contributed by atoms with Gasteiger partial charge in [0.05, 0.1) is 18.0 Å². The van der Waals surface area contributed by atoms with E-state index in [4.69, 9.17) is 0 Å². The third-order valence-electron chi connectivity index (χ3n) is 6.99. The summed E-state index contributed by atoms with van der Waals surface area (Å²) in [5.41, 5.74) is 0.592. The molecule has 3 aliphatic rings. The fourth-order valence-corrected chi connectivity index (χ4v) is 6.43. The van der Waals surface area contributed by atoms with E-state index in [1.807, 2.05) is 4.90 Å². The number of likely N-dealkylation sites (tertiary alicyclic amines) is 1. The highest BCUT2D eigenvalue weighted by Crippen LogP contribution is 2.22. The lowest BCUT2D eigenvalue weighted by atomic mass is 10.2. The number of rotatable bonds is 7. The maximum Gasteiger partial charge on any atom is 0.243 e. The van der Waals surface area contributed by atoms with Crippen molar-refractivity contribution in [3.63, 3.8) is 0 Å². The molecule has 1 N–H and O–H groups in total. The molecule has 0 unspecified atom stereocenters. The number of hydrogen-bond acceptors (Lipinski definition) is 6. The maximum absolute atomic E-state index is 12.9. The molecule has 3 saturated heterocycles. The lowest BCUT2D eigenvalue weighted by molar-refractivity contribution is -0.132. The second kappa shape index (κ2) is 11.6. The lowest BCUT2D eigenvalue weighted by Gasteiger charge is -2.34. The van der Waals surface area contributed by atoms with Crippen molar-refractivity contribution in [3.05, 3.63) is 24.3 Å². The van der Waals surface area contributed by atoms with Crippen molar-refractivity contribution >= 4 is 27.5 Å². The first kappa shape index (κ1) is 25.1. The summed E-state index contributed by atoms with van der Waals surface area (Å²) < 4.78 is 27.4. The summed E-state index contributed by atoms with van der Waals surface area (Å²) in [6.07, 6.45) is 6.15. The first-order valence-corrected chi connectivity index (χ1v) is 14.0. The molecule has 1 aromatic rings. The Morgan fingerprint density at radius 1 is 0.706 bits per heavy atom. The highest BCUT2D eigenvalue weighted by atomic mass is 32.2. The number of nitrogens with one attached hydrogen (secondary N) is 1. The highest BCUT2D eigenvalue weighted by Gasteiger charge is 2.26. The summed E-state index contributed by atoms with van der Waals surface area (Å²) in [7, 11) is -3.49. The van der Waals surface area contributed by atoms with Crippen LogP contribution in [-0.4, -0.2) is 105 Å². The predicted octanol–water partition coefficient (Wildman–Crippen LogP) is 1.43. The van der Waals surface area contributed by atoms with E-state index in [0.717, 1.165) is 77.8 Å². The quantitative estimate of drug-likeness (QED) is 0.620. The van der Waals surface area contributed by atoms with E-state index in [0.29, 0.717) is 25.3 Å². The van der Waals surface area contributed by atoms with Crippen LogP contribution in [0.3, 0.4) is 0 Å². The molecule has 0 spiro atoms. The molecule has 188 valence electrons. The molecule has 3 heterocycles. The number of amides is 2. The van der Waals surface area contributed by atoms with E-state index in [2.05, 4.69) is 15.1 Å². The van der Waals surface area contributed by atoms with Gasteiger partial charge in [-0.3, -0.25) is 19.4 Å². The fourth-order valence-electron chi connectivity index (χ4n) is 4.91. The van der Waals surface area contributed by atoms with Crippen LogP contribution in [0, 0.1) is 0 Å². The summed E-state index contributed by atoms with van der Waals surface area (Å²) in [6, 6.07) is 6.47. The second-order valence-corrected chi connectivity index (χ2v) is 11.5. The molecular weight excluding hydrogens is 454 g/mol. The van der Waals surface area contributed by atoms with Crippen molar-refractivity contribution in [1.82, 2.24) is 19.0 Å². The van der Waals surface area contributed by atoms with Gasteiger partial charge in [-0.05, 0) is 49.9 Å². The minimum Gasteiger partial charge on any atom is -0.342 e. The van der Waals surface area contributed by atoms with E-state index >= 15 is 0 Å². The normalized spacial score (nSPS) is 21.4. The molecule has 0 bridgehead atoms. The van der Waals surface area contributed by atoms with Crippen LogP contribution >= 0.6 is 0 Å². The summed E-state index contributed by atoms with van der Waals surface area (Å²) in [4.78, 5) is 31.3. The van der Waals surface area contributed by atoms with Gasteiger partial charge in [0.25, 0.3) is 0 Å². The monoisotopic (exact) mass is 491 g/mol. The zero-order valence-corrected chi connectivity index (χ0v) is 20.8. The summed E-state index contributed by atoms with van der Waals surface area (Å²) >= 11 is 0. The molecule has 10 heteroatoms. The summed E-state index contributed by atoms with van der Waals surface area (Å²) in [6.45, 7) is 6.68. The van der Waals surface area contributed by atoms with Crippen molar-refractivity contribution in [1.29, 1.82) is 0 Å². The molecular formula is C24H37N5O4S. The number of benzene rings is 1. The Kier molecular flexibility index (Phi) is 8.57. The minimum absolute atomic E-state index is 0.121. The third-order valence-corrected chi connectivity index (χ3v) is 8.90. The van der Waals surface area contributed by atoms with Gasteiger partial charge in [0.15, 0.2) is 0 Å². The van der Waals surface area contributed by atoms with Gasteiger partial charge in [-0.2, -0.15) is 4.31 Å². The molecule has 34 heavy (non-hydrogen) atoms. The van der Waals surface area contributed by atoms with E-state index in [-0.39, 0.29) is 23.3 Å². The molecule has 3 aliphatic heterocycles. The van der Waals surface area contributed by atoms with Gasteiger partial charge < -0.3 is 10.2 Å². The summed E-state index contributed by atoms with van der Waals surface area (Å²) in [5.74, 6) is 0.0923. The van der Waals surface area contributed by atoms with E-state index in [1.165, 1.54) is 0 Å². The molecule has 9 nitrogen and oxygen atoms in total. The molecule has 0 saturated carbocycles. The van der Waals surface area contributed by atoms with Gasteiger partial charge >= 0.3 is 0 Å². The largest absolute Gasteiger partial charge is 0.342 e. The molecule has 4 rings (SSSR count). The van der Waals surface area contributed by atoms with E-state index in [9.17, 15) is 18.0 Å². The number of hydrogen-bond donors (Lipinski definition) is 1. The predicted molar refractivity (Wildman–Crippen MR) is 131 cm³/mol. The first-order chi connectivity index (χ1) is 16.4. The number of carbonyl (C=O) groups is 2. The molecule has 0 atom stereocenters. The zero-order valence-electron chi connectivity index (χ0n) is 20.0. The first-order valence-electron chi connectivity index (χ1n) is 12.5. The Morgan fingerprint density at radius 2 is 1.24 bits per heavy atom. The van der Waals surface area contributed by atoms with Gasteiger partial charge in [-0.25, -0.2) is 8.42 Å². The Labute approximate surface area is 203 Å². The van der Waals surface area contributed by atoms with Crippen LogP contribution < -0.4 is 5.32 Å². The van der Waals surface area contributed by atoms with Crippen LogP contribution in [-0.2, 0) is 19.6 Å². The third kappa shape index (κ3) is 6.56. The molecule has 0 aliphatic carbocycles. The Morgan fingerprint density at radius 3 is 1.82 bits per heavy atom. The van der Waals surface area contributed by atoms with Crippen molar-refractivity contribution in [3.8, 4) is 0 Å². The van der Waals surface area contributed by atoms with Crippen molar-refractivity contribution in [2.45, 2.75) is 43.4 Å². The Hall–Kier alpha value is -2.01. The molecule has 3 fully saturated rings. The molecule has 0 aromatic heterocycles. The molecule has 1 aromatic carbocycles. The Balaban J connectivity index is 1.22. The number of anilines is 1. The lowest BCUT2D eigenvalue weighted by Crippen LogP contribution is -2.51. The molecule has 0 radical (unpaired) electrons. The standard InChI is InChI=1S/C24H37N5O4S/c30-23(19-26-15-17-27(18-16-26)20-24(31)28-11-5-6-12-28)25-21-7-9-22(10-8-21)34(32,33)29-13-3-1-2-4-14-29/h7-10H,1-6,11-20H2,(H,25,30). The molecule has 2 amide bonds. The van der Waals surface area contributed by atoms with Gasteiger partial charge in [-0.1, -0.05) is 12.8 Å². The average molecular weight is 492 g/mol. The topological polar surface area (TPSA) is 93.3 Å². The van der Waals surface area contributed by atoms with E-state index < -0.39 is 10.0 Å². The SMILES string of the molecule is O=C(CN1CCN(CC(=O)N2CCCC2)CC1)Nc1ccc(S(=O)(=O)N2CCCCCC2)cc1. The van der Waals surface area contributed by atoms with Gasteiger partial charge in [0.2, 0.25) is 21.8 Å². The fraction of sp³-hybridized carbons (Fsp3) is 0.667. The van der Waals surface area contributed by atoms with E-state index in [1.54, 1.807) is 28.6 Å². The number of carbonyl (C=O) groups excluding carboxylic acids is 2. The smallest absolute Gasteiger partial charge is 0.243 e. The van der Waals surface area contributed by atoms with Crippen molar-refractivity contribution in [2.75, 3.05) is 70.8 Å².